The summed E-state index contributed by atoms with van der Waals surface area (Å²) in [7, 11) is 1.86. The lowest BCUT2D eigenvalue weighted by Crippen LogP contribution is -2.58. The van der Waals surface area contributed by atoms with Crippen molar-refractivity contribution < 1.29 is 9.59 Å². The van der Waals surface area contributed by atoms with Crippen molar-refractivity contribution in [2.24, 2.45) is 5.73 Å². The van der Waals surface area contributed by atoms with Crippen molar-refractivity contribution in [2.45, 2.75) is 12.5 Å². The fourth-order valence-corrected chi connectivity index (χ4v) is 2.29. The van der Waals surface area contributed by atoms with Crippen LogP contribution in [0.25, 0.3) is 0 Å². The van der Waals surface area contributed by atoms with E-state index in [4.69, 9.17) is 5.73 Å². The number of amides is 2. The number of carbonyl (C=O) groups excluding carboxylic acids is 2. The lowest BCUT2D eigenvalue weighted by atomic mass is 10.1. The quantitative estimate of drug-likeness (QED) is 0.823. The zero-order valence-electron chi connectivity index (χ0n) is 11.1. The molecule has 1 aliphatic rings. The Balaban J connectivity index is 1.98. The van der Waals surface area contributed by atoms with Crippen molar-refractivity contribution in [1.29, 1.82) is 0 Å². The van der Waals surface area contributed by atoms with Gasteiger partial charge in [-0.3, -0.25) is 14.5 Å². The van der Waals surface area contributed by atoms with Gasteiger partial charge in [-0.05, 0) is 12.6 Å². The van der Waals surface area contributed by atoms with E-state index >= 15 is 0 Å². The Morgan fingerprint density at radius 1 is 1.26 bits per heavy atom. The van der Waals surface area contributed by atoms with Crippen molar-refractivity contribution >= 4 is 11.8 Å². The Hall–Kier alpha value is -1.88. The molecule has 1 fully saturated rings. The van der Waals surface area contributed by atoms with Gasteiger partial charge in [-0.25, -0.2) is 0 Å². The molecule has 0 saturated carbocycles. The van der Waals surface area contributed by atoms with Gasteiger partial charge in [0.2, 0.25) is 11.8 Å². The van der Waals surface area contributed by atoms with E-state index < -0.39 is 0 Å². The molecule has 1 atom stereocenters. The van der Waals surface area contributed by atoms with Crippen LogP contribution < -0.4 is 5.73 Å². The summed E-state index contributed by atoms with van der Waals surface area (Å²) in [5.41, 5.74) is 6.34. The Morgan fingerprint density at radius 2 is 1.95 bits per heavy atom. The predicted molar refractivity (Wildman–Crippen MR) is 72.3 cm³/mol. The lowest BCUT2D eigenvalue weighted by Gasteiger charge is -2.37. The third kappa shape index (κ3) is 3.32. The average Bonchev–Trinajstić information content (AvgIpc) is 2.40. The van der Waals surface area contributed by atoms with Gasteiger partial charge in [0.25, 0.3) is 0 Å². The smallest absolute Gasteiger partial charge is 0.236 e. The van der Waals surface area contributed by atoms with Gasteiger partial charge < -0.3 is 10.6 Å². The van der Waals surface area contributed by atoms with E-state index in [1.165, 1.54) is 0 Å². The van der Waals surface area contributed by atoms with Gasteiger partial charge in [0.05, 0.1) is 6.42 Å². The summed E-state index contributed by atoms with van der Waals surface area (Å²) < 4.78 is 0. The van der Waals surface area contributed by atoms with Gasteiger partial charge in [-0.1, -0.05) is 30.3 Å². The van der Waals surface area contributed by atoms with Gasteiger partial charge in [0.15, 0.2) is 0 Å². The van der Waals surface area contributed by atoms with Crippen LogP contribution in [0.4, 0.5) is 0 Å². The van der Waals surface area contributed by atoms with Crippen LogP contribution in [0.3, 0.4) is 0 Å². The first-order chi connectivity index (χ1) is 9.08. The van der Waals surface area contributed by atoms with E-state index in [1.807, 2.05) is 42.3 Å². The zero-order chi connectivity index (χ0) is 13.8. The highest BCUT2D eigenvalue weighted by molar-refractivity contribution is 5.83. The molecular weight excluding hydrogens is 242 g/mol. The van der Waals surface area contributed by atoms with Crippen molar-refractivity contribution in [2.75, 3.05) is 26.7 Å². The SMILES string of the molecule is CN1CCN(C(=O)Cc2ccccc2)CC1C(N)=O. The fourth-order valence-electron chi connectivity index (χ4n) is 2.29. The molecule has 1 aliphatic heterocycles. The minimum Gasteiger partial charge on any atom is -0.368 e. The molecular formula is C14H19N3O2. The summed E-state index contributed by atoms with van der Waals surface area (Å²) in [6.45, 7) is 1.71. The summed E-state index contributed by atoms with van der Waals surface area (Å²) in [6, 6.07) is 9.23. The molecule has 0 bridgehead atoms. The Bertz CT molecular complexity index is 461. The average molecular weight is 261 g/mol. The van der Waals surface area contributed by atoms with E-state index in [0.29, 0.717) is 26.1 Å². The maximum atomic E-state index is 12.2. The molecule has 1 aromatic rings. The molecule has 5 nitrogen and oxygen atoms in total. The number of rotatable bonds is 3. The first-order valence-corrected chi connectivity index (χ1v) is 6.39. The van der Waals surface area contributed by atoms with Gasteiger partial charge in [0.1, 0.15) is 6.04 Å². The molecule has 0 radical (unpaired) electrons. The normalized spacial score (nSPS) is 20.3. The number of likely N-dealkylation sites (N-methyl/N-ethyl adjacent to an activating group) is 1. The second kappa shape index (κ2) is 5.84. The Morgan fingerprint density at radius 3 is 2.58 bits per heavy atom. The summed E-state index contributed by atoms with van der Waals surface area (Å²) in [6.07, 6.45) is 0.371. The van der Waals surface area contributed by atoms with Crippen LogP contribution in [-0.4, -0.2) is 54.3 Å². The molecule has 2 amide bonds. The van der Waals surface area contributed by atoms with Crippen LogP contribution in [0.15, 0.2) is 30.3 Å². The maximum absolute atomic E-state index is 12.2. The number of primary amides is 1. The third-order valence-electron chi connectivity index (χ3n) is 3.53. The van der Waals surface area contributed by atoms with Crippen molar-refractivity contribution in [1.82, 2.24) is 9.80 Å². The molecule has 1 saturated heterocycles. The second-order valence-corrected chi connectivity index (χ2v) is 4.90. The Kier molecular flexibility index (Phi) is 4.16. The van der Waals surface area contributed by atoms with Gasteiger partial charge in [-0.2, -0.15) is 0 Å². The topological polar surface area (TPSA) is 66.6 Å². The van der Waals surface area contributed by atoms with Gasteiger partial charge >= 0.3 is 0 Å². The molecule has 2 N–H and O–H groups in total. The summed E-state index contributed by atoms with van der Waals surface area (Å²) in [5.74, 6) is -0.328. The molecule has 0 spiro atoms. The monoisotopic (exact) mass is 261 g/mol. The number of piperazine rings is 1. The number of benzene rings is 1. The number of hydrogen-bond acceptors (Lipinski definition) is 3. The van der Waals surface area contributed by atoms with Crippen LogP contribution in [0.1, 0.15) is 5.56 Å². The molecule has 1 aromatic carbocycles. The highest BCUT2D eigenvalue weighted by atomic mass is 16.2. The zero-order valence-corrected chi connectivity index (χ0v) is 11.1. The van der Waals surface area contributed by atoms with Crippen LogP contribution in [0.5, 0.6) is 0 Å². The molecule has 5 heteroatoms. The lowest BCUT2D eigenvalue weighted by molar-refractivity contribution is -0.135. The van der Waals surface area contributed by atoms with Crippen LogP contribution in [0, 0.1) is 0 Å². The first kappa shape index (κ1) is 13.5. The molecule has 19 heavy (non-hydrogen) atoms. The predicted octanol–water partition coefficient (Wildman–Crippen LogP) is -0.143. The van der Waals surface area contributed by atoms with Crippen LogP contribution in [-0.2, 0) is 16.0 Å². The number of nitrogens with two attached hydrogens (primary N) is 1. The minimum absolute atomic E-state index is 0.0468. The summed E-state index contributed by atoms with van der Waals surface area (Å²) in [5, 5.41) is 0. The van der Waals surface area contributed by atoms with E-state index in [9.17, 15) is 9.59 Å². The molecule has 2 rings (SSSR count). The van der Waals surface area contributed by atoms with Crippen molar-refractivity contribution in [3.63, 3.8) is 0 Å². The minimum atomic E-state index is -0.381. The molecule has 1 heterocycles. The Labute approximate surface area is 113 Å². The molecule has 102 valence electrons. The summed E-state index contributed by atoms with van der Waals surface area (Å²) in [4.78, 5) is 27.2. The van der Waals surface area contributed by atoms with Crippen LogP contribution >= 0.6 is 0 Å². The third-order valence-corrected chi connectivity index (χ3v) is 3.53. The molecule has 0 aliphatic carbocycles. The number of nitrogens with zero attached hydrogens (tertiary/aromatic N) is 2. The second-order valence-electron chi connectivity index (χ2n) is 4.90. The molecule has 0 aromatic heterocycles. The number of hydrogen-bond donors (Lipinski definition) is 1. The van der Waals surface area contributed by atoms with E-state index in [0.717, 1.165) is 5.56 Å². The standard InChI is InChI=1S/C14H19N3O2/c1-16-7-8-17(10-12(16)14(15)19)13(18)9-11-5-3-2-4-6-11/h2-6,12H,7-10H2,1H3,(H2,15,19). The number of carbonyl (C=O) groups is 2. The largest absolute Gasteiger partial charge is 0.368 e. The fraction of sp³-hybridized carbons (Fsp3) is 0.429. The van der Waals surface area contributed by atoms with Crippen LogP contribution in [0.2, 0.25) is 0 Å². The van der Waals surface area contributed by atoms with Crippen molar-refractivity contribution in [3.8, 4) is 0 Å². The van der Waals surface area contributed by atoms with Gasteiger partial charge in [-0.15, -0.1) is 0 Å². The first-order valence-electron chi connectivity index (χ1n) is 6.39. The molecule has 1 unspecified atom stereocenters. The maximum Gasteiger partial charge on any atom is 0.236 e. The van der Waals surface area contributed by atoms with E-state index in [2.05, 4.69) is 0 Å². The van der Waals surface area contributed by atoms with E-state index in [1.54, 1.807) is 4.90 Å². The highest BCUT2D eigenvalue weighted by Crippen LogP contribution is 2.10. The van der Waals surface area contributed by atoms with Crippen molar-refractivity contribution in [3.05, 3.63) is 35.9 Å². The van der Waals surface area contributed by atoms with E-state index in [-0.39, 0.29) is 17.9 Å². The van der Waals surface area contributed by atoms with Gasteiger partial charge in [0, 0.05) is 19.6 Å². The highest BCUT2D eigenvalue weighted by Gasteiger charge is 2.30. The summed E-state index contributed by atoms with van der Waals surface area (Å²) >= 11 is 0.